The Bertz CT molecular complexity index is 569. The summed E-state index contributed by atoms with van der Waals surface area (Å²) in [6, 6.07) is 0. The normalized spacial score (nSPS) is 18.3. The van der Waals surface area contributed by atoms with Crippen molar-refractivity contribution in [1.29, 1.82) is 0 Å². The third-order valence-electron chi connectivity index (χ3n) is 4.85. The summed E-state index contributed by atoms with van der Waals surface area (Å²) in [5.74, 6) is -0.720. The van der Waals surface area contributed by atoms with Crippen LogP contribution in [0.25, 0.3) is 0 Å². The van der Waals surface area contributed by atoms with E-state index in [1.54, 1.807) is 0 Å². The van der Waals surface area contributed by atoms with Gasteiger partial charge in [0.25, 0.3) is 0 Å². The van der Waals surface area contributed by atoms with Gasteiger partial charge in [-0.25, -0.2) is 0 Å². The number of nitrogens with one attached hydrogen (secondary N) is 1. The highest BCUT2D eigenvalue weighted by molar-refractivity contribution is 6.03. The van der Waals surface area contributed by atoms with Crippen molar-refractivity contribution in [3.63, 3.8) is 0 Å². The molecule has 1 atom stereocenters. The van der Waals surface area contributed by atoms with Crippen molar-refractivity contribution < 1.29 is 23.9 Å². The highest BCUT2D eigenvalue weighted by Gasteiger charge is 2.39. The van der Waals surface area contributed by atoms with Gasteiger partial charge in [0.05, 0.1) is 12.2 Å². The lowest BCUT2D eigenvalue weighted by atomic mass is 9.94. The number of nitrogens with zero attached hydrogens (tertiary/aromatic N) is 1. The van der Waals surface area contributed by atoms with Crippen LogP contribution in [0.4, 0.5) is 0 Å². The number of imide groups is 1. The maximum absolute atomic E-state index is 12.2. The van der Waals surface area contributed by atoms with Gasteiger partial charge in [0.15, 0.2) is 0 Å². The molecule has 1 aliphatic heterocycles. The van der Waals surface area contributed by atoms with Crippen LogP contribution in [0.2, 0.25) is 0 Å². The largest absolute Gasteiger partial charge is 0.375 e. The van der Waals surface area contributed by atoms with E-state index in [4.69, 9.17) is 4.74 Å². The molecule has 0 radical (unpaired) electrons. The lowest BCUT2D eigenvalue weighted by molar-refractivity contribution is -0.140. The Kier molecular flexibility index (Phi) is 8.14. The first kappa shape index (κ1) is 23.3. The van der Waals surface area contributed by atoms with Crippen LogP contribution in [-0.2, 0) is 23.9 Å². The molecule has 3 amide bonds. The first-order chi connectivity index (χ1) is 12.4. The Morgan fingerprint density at radius 2 is 1.93 bits per heavy atom. The van der Waals surface area contributed by atoms with Crippen molar-refractivity contribution in [2.75, 3.05) is 19.7 Å². The van der Waals surface area contributed by atoms with E-state index >= 15 is 0 Å². The van der Waals surface area contributed by atoms with Gasteiger partial charge in [-0.15, -0.1) is 0 Å². The number of hydrogen-bond acceptors (Lipinski definition) is 5. The molecule has 0 aromatic carbocycles. The molecule has 27 heavy (non-hydrogen) atoms. The Balaban J connectivity index is 2.34. The average Bonchev–Trinajstić information content (AvgIpc) is 2.86. The zero-order chi connectivity index (χ0) is 20.8. The molecule has 1 heterocycles. The van der Waals surface area contributed by atoms with Gasteiger partial charge in [-0.05, 0) is 26.2 Å². The Labute approximate surface area is 162 Å². The number of hydrogen-bond donors (Lipinski definition) is 1. The maximum Gasteiger partial charge on any atom is 0.233 e. The summed E-state index contributed by atoms with van der Waals surface area (Å²) in [5, 5.41) is 2.80. The molecule has 0 aromatic heterocycles. The second kappa shape index (κ2) is 9.44. The van der Waals surface area contributed by atoms with E-state index in [0.717, 1.165) is 6.29 Å². The molecule has 7 nitrogen and oxygen atoms in total. The summed E-state index contributed by atoms with van der Waals surface area (Å²) < 4.78 is 5.79. The third-order valence-corrected chi connectivity index (χ3v) is 4.85. The van der Waals surface area contributed by atoms with Crippen LogP contribution in [0.5, 0.6) is 0 Å². The van der Waals surface area contributed by atoms with Gasteiger partial charge in [0.2, 0.25) is 17.7 Å². The van der Waals surface area contributed by atoms with Crippen LogP contribution in [0, 0.1) is 17.3 Å². The van der Waals surface area contributed by atoms with Crippen LogP contribution in [0.1, 0.15) is 60.8 Å². The number of ether oxygens (including phenoxy) is 1. The van der Waals surface area contributed by atoms with E-state index in [9.17, 15) is 19.2 Å². The molecule has 1 aliphatic rings. The minimum atomic E-state index is -0.539. The summed E-state index contributed by atoms with van der Waals surface area (Å²) in [6.45, 7) is 12.1. The van der Waals surface area contributed by atoms with Crippen LogP contribution in [-0.4, -0.2) is 54.2 Å². The topological polar surface area (TPSA) is 92.8 Å². The molecule has 0 aliphatic carbocycles. The van der Waals surface area contributed by atoms with Crippen molar-refractivity contribution in [3.05, 3.63) is 0 Å². The number of carbonyl (C=O) groups is 4. The summed E-state index contributed by atoms with van der Waals surface area (Å²) in [5.41, 5.74) is -1.01. The van der Waals surface area contributed by atoms with Crippen molar-refractivity contribution in [1.82, 2.24) is 10.2 Å². The molecular weight excluding hydrogens is 348 g/mol. The average molecular weight is 383 g/mol. The lowest BCUT2D eigenvalue weighted by Crippen LogP contribution is -2.38. The Hall–Kier alpha value is -1.76. The number of likely N-dealkylation sites (tertiary alicyclic amines) is 1. The lowest BCUT2D eigenvalue weighted by Gasteiger charge is -2.29. The smallest absolute Gasteiger partial charge is 0.233 e. The first-order valence-electron chi connectivity index (χ1n) is 9.60. The van der Waals surface area contributed by atoms with E-state index in [-0.39, 0.29) is 48.9 Å². The van der Waals surface area contributed by atoms with Crippen LogP contribution in [0.3, 0.4) is 0 Å². The van der Waals surface area contributed by atoms with Gasteiger partial charge in [-0.3, -0.25) is 19.3 Å². The van der Waals surface area contributed by atoms with Crippen molar-refractivity contribution in [2.24, 2.45) is 17.3 Å². The van der Waals surface area contributed by atoms with Crippen LogP contribution < -0.4 is 5.32 Å². The van der Waals surface area contributed by atoms with E-state index in [2.05, 4.69) is 5.32 Å². The number of carbonyl (C=O) groups excluding carboxylic acids is 4. The summed E-state index contributed by atoms with van der Waals surface area (Å²) in [6.07, 6.45) is 1.79. The van der Waals surface area contributed by atoms with E-state index in [1.165, 1.54) is 4.90 Å². The van der Waals surface area contributed by atoms with Gasteiger partial charge in [-0.2, -0.15) is 0 Å². The zero-order valence-corrected chi connectivity index (χ0v) is 17.5. The zero-order valence-electron chi connectivity index (χ0n) is 17.5. The minimum absolute atomic E-state index is 0.0990. The molecule has 7 heteroatoms. The monoisotopic (exact) mass is 382 g/mol. The maximum atomic E-state index is 12.2. The molecule has 1 N–H and O–H groups in total. The molecule has 1 saturated heterocycles. The molecule has 0 spiro atoms. The van der Waals surface area contributed by atoms with Crippen molar-refractivity contribution in [3.8, 4) is 0 Å². The van der Waals surface area contributed by atoms with Gasteiger partial charge >= 0.3 is 0 Å². The molecule has 1 unspecified atom stereocenters. The first-order valence-corrected chi connectivity index (χ1v) is 9.60. The van der Waals surface area contributed by atoms with Crippen LogP contribution in [0.15, 0.2) is 0 Å². The predicted molar refractivity (Wildman–Crippen MR) is 102 cm³/mol. The quantitative estimate of drug-likeness (QED) is 0.435. The molecule has 1 fully saturated rings. The fraction of sp³-hybridized carbons (Fsp3) is 0.800. The number of aldehydes is 1. The van der Waals surface area contributed by atoms with Gasteiger partial charge in [0.1, 0.15) is 6.29 Å². The fourth-order valence-corrected chi connectivity index (χ4v) is 2.76. The highest BCUT2D eigenvalue weighted by Crippen LogP contribution is 2.26. The molecule has 1 rings (SSSR count). The third kappa shape index (κ3) is 7.40. The SMILES string of the molecule is CC(C)C1CC(=O)N(CCC(=O)NCCC(C)(C)OCC(C)(C)C=O)C1=O. The molecule has 0 aromatic rings. The van der Waals surface area contributed by atoms with E-state index in [1.807, 2.05) is 41.5 Å². The molecular formula is C20H34N2O5. The predicted octanol–water partition coefficient (Wildman–Crippen LogP) is 1.93. The Morgan fingerprint density at radius 1 is 1.30 bits per heavy atom. The number of amides is 3. The summed E-state index contributed by atoms with van der Waals surface area (Å²) in [7, 11) is 0. The second-order valence-corrected chi connectivity index (χ2v) is 8.94. The Morgan fingerprint density at radius 3 is 2.44 bits per heavy atom. The van der Waals surface area contributed by atoms with Crippen molar-refractivity contribution in [2.45, 2.75) is 66.4 Å². The van der Waals surface area contributed by atoms with Crippen LogP contribution >= 0.6 is 0 Å². The van der Waals surface area contributed by atoms with Gasteiger partial charge < -0.3 is 14.8 Å². The molecule has 0 saturated carbocycles. The highest BCUT2D eigenvalue weighted by atomic mass is 16.5. The standard InChI is InChI=1S/C20H34N2O5/c1-14(2)15-11-17(25)22(18(15)26)10-7-16(24)21-9-8-20(5,6)27-13-19(3,4)12-23/h12,14-15H,7-11,13H2,1-6H3,(H,21,24). The van der Waals surface area contributed by atoms with E-state index in [0.29, 0.717) is 19.6 Å². The second-order valence-electron chi connectivity index (χ2n) is 8.94. The van der Waals surface area contributed by atoms with Gasteiger partial charge in [-0.1, -0.05) is 27.7 Å². The number of rotatable bonds is 11. The summed E-state index contributed by atoms with van der Waals surface area (Å²) in [4.78, 5) is 48.4. The van der Waals surface area contributed by atoms with Crippen molar-refractivity contribution >= 4 is 24.0 Å². The summed E-state index contributed by atoms with van der Waals surface area (Å²) >= 11 is 0. The fourth-order valence-electron chi connectivity index (χ4n) is 2.76. The van der Waals surface area contributed by atoms with E-state index < -0.39 is 11.0 Å². The van der Waals surface area contributed by atoms with Gasteiger partial charge in [0, 0.05) is 37.3 Å². The minimum Gasteiger partial charge on any atom is -0.375 e. The molecule has 0 bridgehead atoms. The molecule has 154 valence electrons.